The maximum Gasteiger partial charge on any atom is 0.194 e. The van der Waals surface area contributed by atoms with E-state index in [1.807, 2.05) is 58.3 Å². The van der Waals surface area contributed by atoms with Crippen LogP contribution in [0.5, 0.6) is 0 Å². The summed E-state index contributed by atoms with van der Waals surface area (Å²) in [5.74, 6) is -0.175. The second-order valence-electron chi connectivity index (χ2n) is 21.1. The number of hydrogen-bond donors (Lipinski definition) is 0. The van der Waals surface area contributed by atoms with Crippen LogP contribution in [0.4, 0.5) is 0 Å². The molecule has 0 unspecified atom stereocenters. The molecule has 3 aliphatic carbocycles. The Morgan fingerprint density at radius 3 is 1.63 bits per heavy atom. The van der Waals surface area contributed by atoms with E-state index in [2.05, 4.69) is 203 Å². The number of carbonyl (C=O) groups excluding carboxylic acids is 1. The number of carbonyl (C=O) groups is 1. The first-order valence-electron chi connectivity index (χ1n) is 26.2. The molecule has 0 amide bonds. The van der Waals surface area contributed by atoms with Crippen molar-refractivity contribution < 1.29 is 4.79 Å². The SMILES string of the molecule is Cc1ccc(C2(c3ccc(C)cc3)c3cc4c(cc3-c3cc5cc(-c6cccs6)sc5cc32)C(c2ccc(C)cc2)(c2ccc(C)cc2)c2c-4sc3cc(-c4ccc(/C=C5\C(=O)c6ccccc6C5=C(C#N)C#N)s4)sc23)cc1. The molecule has 0 radical (unpaired) electrons. The van der Waals surface area contributed by atoms with Gasteiger partial charge in [-0.1, -0.05) is 150 Å². The van der Waals surface area contributed by atoms with E-state index in [-0.39, 0.29) is 11.4 Å². The summed E-state index contributed by atoms with van der Waals surface area (Å²) < 4.78 is 3.79. The monoisotopic (exact) mass is 1100 g/mol. The minimum absolute atomic E-state index is 0.0612. The Kier molecular flexibility index (Phi) is 10.8. The highest BCUT2D eigenvalue weighted by molar-refractivity contribution is 7.33. The first kappa shape index (κ1) is 47.9. The number of ketones is 1. The van der Waals surface area contributed by atoms with Crippen molar-refractivity contribution in [3.63, 3.8) is 0 Å². The van der Waals surface area contributed by atoms with Crippen LogP contribution in [0.1, 0.15) is 87.6 Å². The third-order valence-electron chi connectivity index (χ3n) is 16.6. The highest BCUT2D eigenvalue weighted by atomic mass is 32.1. The van der Waals surface area contributed by atoms with Crippen LogP contribution in [0.25, 0.3) is 72.2 Å². The highest BCUT2D eigenvalue weighted by Crippen LogP contribution is 2.67. The van der Waals surface area contributed by atoms with Crippen LogP contribution in [-0.2, 0) is 10.8 Å². The Balaban J connectivity index is 0.990. The number of thiophene rings is 5. The van der Waals surface area contributed by atoms with Crippen LogP contribution in [0.2, 0.25) is 0 Å². The third kappa shape index (κ3) is 6.93. The Morgan fingerprint density at radius 2 is 1.03 bits per heavy atom. The Morgan fingerprint density at radius 1 is 0.468 bits per heavy atom. The van der Waals surface area contributed by atoms with Crippen LogP contribution in [0.3, 0.4) is 0 Å². The zero-order valence-electron chi connectivity index (χ0n) is 43.3. The Labute approximate surface area is 478 Å². The molecule has 0 aliphatic heterocycles. The lowest BCUT2D eigenvalue weighted by Crippen LogP contribution is -2.30. The Hall–Kier alpha value is -8.31. The number of allylic oxidation sites excluding steroid dienone is 3. The first-order chi connectivity index (χ1) is 38.6. The average molecular weight is 1100 g/mol. The van der Waals surface area contributed by atoms with Gasteiger partial charge in [0.05, 0.1) is 15.5 Å². The van der Waals surface area contributed by atoms with Gasteiger partial charge in [0.2, 0.25) is 0 Å². The fourth-order valence-electron chi connectivity index (χ4n) is 12.9. The minimum atomic E-state index is -0.676. The maximum atomic E-state index is 14.0. The smallest absolute Gasteiger partial charge is 0.194 e. The van der Waals surface area contributed by atoms with Crippen LogP contribution >= 0.6 is 56.7 Å². The molecule has 0 saturated carbocycles. The molecule has 5 aromatic heterocycles. The molecule has 0 spiro atoms. The summed E-state index contributed by atoms with van der Waals surface area (Å²) in [5, 5.41) is 23.5. The van der Waals surface area contributed by atoms with E-state index < -0.39 is 10.8 Å². The summed E-state index contributed by atoms with van der Waals surface area (Å²) >= 11 is 9.06. The van der Waals surface area contributed by atoms with Crippen molar-refractivity contribution in [2.45, 2.75) is 38.5 Å². The molecular formula is C71H44N2OS5. The van der Waals surface area contributed by atoms with Crippen molar-refractivity contribution in [1.82, 2.24) is 0 Å². The standard InChI is InChI=1S/C71H44N2OS5/c1-39-11-19-45(20-12-39)70(46-21-13-40(2)14-22-46)56-34-54-57(33-53(56)52-30-43-31-62(59-10-7-29-75-59)77-61(43)35-58(52)70)71(47-23-15-41(3)16-24-47,48-25-17-42(4)18-26-48)66-68(54)79-64-36-63(78-69(64)66)60-28-27-49(76-60)32-55-65(44(37-72)38-73)50-8-5-6-9-51(50)67(55)74/h5-36H,1-4H3/b55-32-. The lowest BCUT2D eigenvalue weighted by Gasteiger charge is -2.35. The van der Waals surface area contributed by atoms with Gasteiger partial charge in [-0.3, -0.25) is 4.79 Å². The molecule has 12 aromatic rings. The number of benzene rings is 7. The van der Waals surface area contributed by atoms with E-state index in [4.69, 9.17) is 0 Å². The Bertz CT molecular complexity index is 4600. The summed E-state index contributed by atoms with van der Waals surface area (Å²) in [7, 11) is 0. The predicted molar refractivity (Wildman–Crippen MR) is 332 cm³/mol. The maximum absolute atomic E-state index is 14.0. The number of nitrogens with zero attached hydrogens (tertiary/aromatic N) is 2. The molecule has 0 fully saturated rings. The fraction of sp³-hybridized carbons (Fsp3) is 0.0845. The van der Waals surface area contributed by atoms with Crippen molar-refractivity contribution in [1.29, 1.82) is 10.5 Å². The summed E-state index contributed by atoms with van der Waals surface area (Å²) in [6.45, 7) is 8.72. The van der Waals surface area contributed by atoms with Gasteiger partial charge in [0.15, 0.2) is 5.78 Å². The lowest BCUT2D eigenvalue weighted by molar-refractivity contribution is 0.104. The van der Waals surface area contributed by atoms with Crippen LogP contribution < -0.4 is 0 Å². The van der Waals surface area contributed by atoms with Gasteiger partial charge in [0.1, 0.15) is 17.7 Å². The van der Waals surface area contributed by atoms with Crippen LogP contribution in [0.15, 0.2) is 199 Å². The number of hydrogen-bond acceptors (Lipinski definition) is 8. The number of fused-ring (bicyclic) bond motifs is 10. The molecule has 0 saturated heterocycles. The molecule has 3 aliphatic rings. The van der Waals surface area contributed by atoms with Crippen molar-refractivity contribution in [2.24, 2.45) is 0 Å². The van der Waals surface area contributed by atoms with Crippen LogP contribution in [-0.4, -0.2) is 5.78 Å². The van der Waals surface area contributed by atoms with E-state index in [1.165, 1.54) is 118 Å². The fourth-order valence-corrected chi connectivity index (χ4v) is 18.7. The molecule has 0 N–H and O–H groups in total. The molecule has 0 atom stereocenters. The number of Topliss-reactive ketones (excluding diaryl/α,β-unsaturated/α-hetero) is 1. The first-order valence-corrected chi connectivity index (χ1v) is 30.4. The van der Waals surface area contributed by atoms with Gasteiger partial charge in [0.25, 0.3) is 0 Å². The van der Waals surface area contributed by atoms with Crippen molar-refractivity contribution >= 4 is 93.6 Å². The molecule has 374 valence electrons. The van der Waals surface area contributed by atoms with Gasteiger partial charge in [-0.2, -0.15) is 10.5 Å². The topological polar surface area (TPSA) is 64.7 Å². The van der Waals surface area contributed by atoms with E-state index in [0.717, 1.165) is 14.6 Å². The summed E-state index contributed by atoms with van der Waals surface area (Å²) in [6.07, 6.45) is 1.86. The van der Waals surface area contributed by atoms with Gasteiger partial charge < -0.3 is 0 Å². The molecule has 8 heteroatoms. The van der Waals surface area contributed by atoms with Gasteiger partial charge in [-0.15, -0.1) is 56.7 Å². The van der Waals surface area contributed by atoms with Gasteiger partial charge in [-0.25, -0.2) is 0 Å². The lowest BCUT2D eigenvalue weighted by atomic mass is 9.65. The molecular weight excluding hydrogens is 1060 g/mol. The molecule has 5 heterocycles. The van der Waals surface area contributed by atoms with Gasteiger partial charge >= 0.3 is 0 Å². The number of nitriles is 2. The van der Waals surface area contributed by atoms with E-state index in [0.29, 0.717) is 22.3 Å². The zero-order chi connectivity index (χ0) is 53.5. The predicted octanol–water partition coefficient (Wildman–Crippen LogP) is 19.7. The second kappa shape index (κ2) is 17.9. The largest absolute Gasteiger partial charge is 0.289 e. The minimum Gasteiger partial charge on any atom is -0.289 e. The third-order valence-corrected chi connectivity index (χ3v) is 22.4. The van der Waals surface area contributed by atoms with Crippen molar-refractivity contribution in [3.05, 3.63) is 281 Å². The van der Waals surface area contributed by atoms with E-state index in [1.54, 1.807) is 28.7 Å². The number of rotatable bonds is 7. The van der Waals surface area contributed by atoms with Crippen molar-refractivity contribution in [3.8, 4) is 53.2 Å². The normalized spacial score (nSPS) is 14.8. The quantitative estimate of drug-likeness (QED) is 0.118. The molecule has 3 nitrogen and oxygen atoms in total. The van der Waals surface area contributed by atoms with Crippen LogP contribution in [0, 0.1) is 50.4 Å². The summed E-state index contributed by atoms with van der Waals surface area (Å²) in [6, 6.07) is 72.2. The number of aryl methyl sites for hydroxylation is 4. The zero-order valence-corrected chi connectivity index (χ0v) is 47.4. The summed E-state index contributed by atoms with van der Waals surface area (Å²) in [4.78, 5) is 21.0. The van der Waals surface area contributed by atoms with E-state index in [9.17, 15) is 15.3 Å². The van der Waals surface area contributed by atoms with Crippen molar-refractivity contribution in [2.75, 3.05) is 0 Å². The summed E-state index contributed by atoms with van der Waals surface area (Å²) in [5.41, 5.74) is 19.5. The average Bonchev–Trinajstić information content (AvgIpc) is 2.11. The van der Waals surface area contributed by atoms with Gasteiger partial charge in [-0.05, 0) is 160 Å². The van der Waals surface area contributed by atoms with Gasteiger partial charge in [0, 0.05) is 60.9 Å². The molecule has 15 rings (SSSR count). The molecule has 0 bridgehead atoms. The molecule has 7 aromatic carbocycles. The highest BCUT2D eigenvalue weighted by Gasteiger charge is 2.53. The van der Waals surface area contributed by atoms with E-state index >= 15 is 0 Å². The second-order valence-corrected chi connectivity index (χ2v) is 26.4. The molecule has 79 heavy (non-hydrogen) atoms.